The Kier molecular flexibility index (Phi) is 3.04. The quantitative estimate of drug-likeness (QED) is 0.815. The van der Waals surface area contributed by atoms with Gasteiger partial charge in [-0.25, -0.2) is 0 Å². The van der Waals surface area contributed by atoms with Crippen LogP contribution in [0.5, 0.6) is 0 Å². The first-order valence-electron chi connectivity index (χ1n) is 6.55. The Labute approximate surface area is 107 Å². The van der Waals surface area contributed by atoms with Gasteiger partial charge in [0, 0.05) is 31.5 Å². The monoisotopic (exact) mass is 246 g/mol. The van der Waals surface area contributed by atoms with Crippen LogP contribution in [0.1, 0.15) is 36.6 Å². The van der Waals surface area contributed by atoms with Crippen molar-refractivity contribution in [2.45, 2.75) is 37.8 Å². The van der Waals surface area contributed by atoms with Gasteiger partial charge in [0.05, 0.1) is 19.1 Å². The molecule has 2 bridgehead atoms. The van der Waals surface area contributed by atoms with Crippen LogP contribution >= 0.6 is 0 Å². The predicted octanol–water partition coefficient (Wildman–Crippen LogP) is 1.71. The SMILES string of the molecule is COCCC(=O)N1[C@@H]2CC[C@@H]1c1cccnc1C2. The lowest BCUT2D eigenvalue weighted by atomic mass is 9.97. The number of hydrogen-bond donors (Lipinski definition) is 0. The molecule has 1 aromatic rings. The van der Waals surface area contributed by atoms with E-state index in [9.17, 15) is 4.79 Å². The number of methoxy groups -OCH3 is 1. The van der Waals surface area contributed by atoms with Crippen molar-refractivity contribution in [3.63, 3.8) is 0 Å². The van der Waals surface area contributed by atoms with Crippen LogP contribution in [0.15, 0.2) is 18.3 Å². The Morgan fingerprint density at radius 3 is 3.28 bits per heavy atom. The number of carbonyl (C=O) groups excluding carboxylic acids is 1. The van der Waals surface area contributed by atoms with Crippen molar-refractivity contribution >= 4 is 5.91 Å². The highest BCUT2D eigenvalue weighted by Gasteiger charge is 2.42. The number of amides is 1. The van der Waals surface area contributed by atoms with E-state index in [1.54, 1.807) is 7.11 Å². The first kappa shape index (κ1) is 11.7. The molecule has 0 unspecified atom stereocenters. The van der Waals surface area contributed by atoms with Gasteiger partial charge in [0.25, 0.3) is 0 Å². The van der Waals surface area contributed by atoms with E-state index in [0.29, 0.717) is 19.1 Å². The van der Waals surface area contributed by atoms with Crippen LogP contribution in [0, 0.1) is 0 Å². The van der Waals surface area contributed by atoms with Crippen molar-refractivity contribution in [3.8, 4) is 0 Å². The molecule has 0 spiro atoms. The van der Waals surface area contributed by atoms with E-state index in [1.807, 2.05) is 12.3 Å². The Morgan fingerprint density at radius 1 is 1.56 bits per heavy atom. The van der Waals surface area contributed by atoms with Crippen LogP contribution in [-0.4, -0.2) is 35.5 Å². The third-order valence-electron chi connectivity index (χ3n) is 4.02. The molecule has 2 atom stereocenters. The van der Waals surface area contributed by atoms with E-state index in [1.165, 1.54) is 11.3 Å². The number of fused-ring (bicyclic) bond motifs is 4. The largest absolute Gasteiger partial charge is 0.384 e. The molecule has 1 aromatic heterocycles. The molecule has 1 amide bonds. The second-order valence-corrected chi connectivity index (χ2v) is 5.03. The van der Waals surface area contributed by atoms with Crippen molar-refractivity contribution in [2.24, 2.45) is 0 Å². The summed E-state index contributed by atoms with van der Waals surface area (Å²) in [5, 5.41) is 0. The Hall–Kier alpha value is -1.42. The van der Waals surface area contributed by atoms with Gasteiger partial charge in [0.15, 0.2) is 0 Å². The number of pyridine rings is 1. The van der Waals surface area contributed by atoms with Crippen molar-refractivity contribution in [3.05, 3.63) is 29.6 Å². The highest BCUT2D eigenvalue weighted by atomic mass is 16.5. The van der Waals surface area contributed by atoms with Gasteiger partial charge in [0.2, 0.25) is 5.91 Å². The van der Waals surface area contributed by atoms with E-state index < -0.39 is 0 Å². The van der Waals surface area contributed by atoms with E-state index in [2.05, 4.69) is 16.0 Å². The van der Waals surface area contributed by atoms with Crippen LogP contribution < -0.4 is 0 Å². The van der Waals surface area contributed by atoms with Gasteiger partial charge >= 0.3 is 0 Å². The summed E-state index contributed by atoms with van der Waals surface area (Å²) >= 11 is 0. The average Bonchev–Trinajstić information content (AvgIpc) is 2.72. The molecule has 0 N–H and O–H groups in total. The second kappa shape index (κ2) is 4.69. The molecular formula is C14H18N2O2. The Bertz CT molecular complexity index is 461. The second-order valence-electron chi connectivity index (χ2n) is 5.03. The van der Waals surface area contributed by atoms with E-state index in [0.717, 1.165) is 19.3 Å². The zero-order valence-electron chi connectivity index (χ0n) is 10.6. The first-order valence-corrected chi connectivity index (χ1v) is 6.55. The number of aromatic nitrogens is 1. The lowest BCUT2D eigenvalue weighted by Gasteiger charge is -2.35. The normalized spacial score (nSPS) is 25.1. The number of carbonyl (C=O) groups is 1. The molecule has 0 saturated carbocycles. The number of ether oxygens (including phenoxy) is 1. The minimum atomic E-state index is 0.221. The molecule has 2 aliphatic heterocycles. The summed E-state index contributed by atoms with van der Waals surface area (Å²) in [7, 11) is 1.64. The molecule has 1 fully saturated rings. The third kappa shape index (κ3) is 1.81. The van der Waals surface area contributed by atoms with Crippen LogP contribution in [-0.2, 0) is 16.0 Å². The maximum absolute atomic E-state index is 12.3. The van der Waals surface area contributed by atoms with Crippen LogP contribution in [0.4, 0.5) is 0 Å². The lowest BCUT2D eigenvalue weighted by molar-refractivity contribution is -0.135. The van der Waals surface area contributed by atoms with Gasteiger partial charge < -0.3 is 9.64 Å². The summed E-state index contributed by atoms with van der Waals surface area (Å²) < 4.78 is 5.00. The minimum absolute atomic E-state index is 0.221. The maximum atomic E-state index is 12.3. The van der Waals surface area contributed by atoms with Crippen molar-refractivity contribution in [1.29, 1.82) is 0 Å². The summed E-state index contributed by atoms with van der Waals surface area (Å²) in [5.74, 6) is 0.221. The first-order chi connectivity index (χ1) is 8.81. The summed E-state index contributed by atoms with van der Waals surface area (Å²) in [5.41, 5.74) is 2.43. The van der Waals surface area contributed by atoms with Crippen LogP contribution in [0.2, 0.25) is 0 Å². The number of hydrogen-bond acceptors (Lipinski definition) is 3. The molecule has 96 valence electrons. The fourth-order valence-corrected chi connectivity index (χ4v) is 3.23. The predicted molar refractivity (Wildman–Crippen MR) is 67.0 cm³/mol. The Morgan fingerprint density at radius 2 is 2.44 bits per heavy atom. The van der Waals surface area contributed by atoms with E-state index >= 15 is 0 Å². The zero-order valence-corrected chi connectivity index (χ0v) is 10.6. The molecule has 0 aliphatic carbocycles. The molecule has 4 heteroatoms. The van der Waals surface area contributed by atoms with Gasteiger partial charge in [-0.3, -0.25) is 9.78 Å². The van der Waals surface area contributed by atoms with E-state index in [4.69, 9.17) is 4.74 Å². The molecular weight excluding hydrogens is 228 g/mol. The van der Waals surface area contributed by atoms with Crippen molar-refractivity contribution in [2.75, 3.05) is 13.7 Å². The molecule has 4 nitrogen and oxygen atoms in total. The third-order valence-corrected chi connectivity index (χ3v) is 4.02. The number of rotatable bonds is 3. The van der Waals surface area contributed by atoms with Crippen molar-refractivity contribution < 1.29 is 9.53 Å². The lowest BCUT2D eigenvalue weighted by Crippen LogP contribution is -2.42. The fourth-order valence-electron chi connectivity index (χ4n) is 3.23. The smallest absolute Gasteiger partial charge is 0.225 e. The van der Waals surface area contributed by atoms with Gasteiger partial charge in [-0.15, -0.1) is 0 Å². The summed E-state index contributed by atoms with van der Waals surface area (Å²) in [4.78, 5) is 18.8. The van der Waals surface area contributed by atoms with Gasteiger partial charge in [0.1, 0.15) is 0 Å². The number of nitrogens with zero attached hydrogens (tertiary/aromatic N) is 2. The minimum Gasteiger partial charge on any atom is -0.384 e. The molecule has 18 heavy (non-hydrogen) atoms. The molecule has 0 radical (unpaired) electrons. The average molecular weight is 246 g/mol. The highest BCUT2D eigenvalue weighted by Crippen LogP contribution is 2.43. The van der Waals surface area contributed by atoms with Crippen LogP contribution in [0.3, 0.4) is 0 Å². The van der Waals surface area contributed by atoms with Gasteiger partial charge in [-0.05, 0) is 24.5 Å². The van der Waals surface area contributed by atoms with Gasteiger partial charge in [-0.1, -0.05) is 6.07 Å². The topological polar surface area (TPSA) is 42.4 Å². The summed E-state index contributed by atoms with van der Waals surface area (Å²) in [6.45, 7) is 0.509. The van der Waals surface area contributed by atoms with Gasteiger partial charge in [-0.2, -0.15) is 0 Å². The molecule has 0 aromatic carbocycles. The molecule has 2 aliphatic rings. The molecule has 1 saturated heterocycles. The fraction of sp³-hybridized carbons (Fsp3) is 0.571. The molecule has 3 rings (SSSR count). The molecule has 3 heterocycles. The summed E-state index contributed by atoms with van der Waals surface area (Å²) in [6, 6.07) is 4.68. The van der Waals surface area contributed by atoms with E-state index in [-0.39, 0.29) is 11.9 Å². The Balaban J connectivity index is 1.85. The van der Waals surface area contributed by atoms with Crippen LogP contribution in [0.25, 0.3) is 0 Å². The highest BCUT2D eigenvalue weighted by molar-refractivity contribution is 5.78. The van der Waals surface area contributed by atoms with Crippen molar-refractivity contribution in [1.82, 2.24) is 9.88 Å². The summed E-state index contributed by atoms with van der Waals surface area (Å²) in [6.07, 6.45) is 5.41. The zero-order chi connectivity index (χ0) is 12.5. The standard InChI is InChI=1S/C14H18N2O2/c1-18-8-6-14(17)16-10-4-5-13(16)11-3-2-7-15-12(11)9-10/h2-3,7,10,13H,4-6,8-9H2,1H3/t10-,13-/m1/s1. The maximum Gasteiger partial charge on any atom is 0.225 e.